The summed E-state index contributed by atoms with van der Waals surface area (Å²) < 4.78 is 5.55. The Labute approximate surface area is 139 Å². The molecule has 124 valence electrons. The molecule has 0 saturated carbocycles. The van der Waals surface area contributed by atoms with Crippen LogP contribution in [0.4, 0.5) is 0 Å². The summed E-state index contributed by atoms with van der Waals surface area (Å²) in [5.41, 5.74) is 2.58. The van der Waals surface area contributed by atoms with Crippen LogP contribution in [0.2, 0.25) is 0 Å². The summed E-state index contributed by atoms with van der Waals surface area (Å²) in [7, 11) is 1.79. The van der Waals surface area contributed by atoms with Crippen LogP contribution in [0, 0.1) is 12.8 Å². The molecule has 0 spiro atoms. The van der Waals surface area contributed by atoms with Crippen molar-refractivity contribution in [1.82, 2.24) is 10.6 Å². The third kappa shape index (κ3) is 7.18. The van der Waals surface area contributed by atoms with Crippen molar-refractivity contribution in [3.63, 3.8) is 0 Å². The smallest absolute Gasteiger partial charge is 0.191 e. The minimum Gasteiger partial charge on any atom is -0.379 e. The Morgan fingerprint density at radius 3 is 2.73 bits per heavy atom. The third-order valence-corrected chi connectivity index (χ3v) is 3.92. The van der Waals surface area contributed by atoms with Crippen LogP contribution in [0.1, 0.15) is 25.0 Å². The number of aryl methyl sites for hydroxylation is 1. The molecule has 1 aromatic rings. The van der Waals surface area contributed by atoms with Crippen molar-refractivity contribution in [1.29, 1.82) is 0 Å². The van der Waals surface area contributed by atoms with E-state index in [0.717, 1.165) is 25.7 Å². The monoisotopic (exact) mass is 323 g/mol. The van der Waals surface area contributed by atoms with Gasteiger partial charge in [0.05, 0.1) is 6.61 Å². The third-order valence-electron chi connectivity index (χ3n) is 3.10. The van der Waals surface area contributed by atoms with E-state index in [1.165, 1.54) is 16.0 Å². The van der Waals surface area contributed by atoms with Gasteiger partial charge in [0.25, 0.3) is 0 Å². The van der Waals surface area contributed by atoms with Gasteiger partial charge in [0.2, 0.25) is 0 Å². The first-order chi connectivity index (χ1) is 10.6. The van der Waals surface area contributed by atoms with Crippen LogP contribution in [0.3, 0.4) is 0 Å². The minimum absolute atomic E-state index is 0.573. The number of nitrogens with one attached hydrogen (secondary N) is 2. The minimum atomic E-state index is 0.573. The maximum absolute atomic E-state index is 5.55. The van der Waals surface area contributed by atoms with Crippen molar-refractivity contribution in [3.05, 3.63) is 29.3 Å². The van der Waals surface area contributed by atoms with Crippen LogP contribution < -0.4 is 10.6 Å². The summed E-state index contributed by atoms with van der Waals surface area (Å²) in [4.78, 5) is 5.55. The van der Waals surface area contributed by atoms with E-state index in [1.54, 1.807) is 18.8 Å². The zero-order valence-electron chi connectivity index (χ0n) is 14.4. The van der Waals surface area contributed by atoms with Gasteiger partial charge in [-0.25, -0.2) is 0 Å². The molecule has 2 N–H and O–H groups in total. The second-order valence-corrected chi connectivity index (χ2v) is 6.48. The molecule has 0 fully saturated rings. The molecule has 0 saturated heterocycles. The molecule has 5 heteroatoms. The van der Waals surface area contributed by atoms with Gasteiger partial charge >= 0.3 is 0 Å². The van der Waals surface area contributed by atoms with Gasteiger partial charge < -0.3 is 15.4 Å². The second kappa shape index (κ2) is 10.5. The Morgan fingerprint density at radius 1 is 1.32 bits per heavy atom. The molecule has 4 nitrogen and oxygen atoms in total. The molecule has 0 unspecified atom stereocenters. The van der Waals surface area contributed by atoms with Crippen LogP contribution >= 0.6 is 11.8 Å². The van der Waals surface area contributed by atoms with E-state index in [1.807, 2.05) is 0 Å². The highest BCUT2D eigenvalue weighted by atomic mass is 32.2. The van der Waals surface area contributed by atoms with Crippen LogP contribution in [-0.4, -0.2) is 39.0 Å². The van der Waals surface area contributed by atoms with Crippen LogP contribution in [0.25, 0.3) is 0 Å². The molecule has 22 heavy (non-hydrogen) atoms. The van der Waals surface area contributed by atoms with Crippen LogP contribution in [-0.2, 0) is 11.3 Å². The zero-order chi connectivity index (χ0) is 16.4. The summed E-state index contributed by atoms with van der Waals surface area (Å²) >= 11 is 1.78. The number of benzene rings is 1. The van der Waals surface area contributed by atoms with Crippen LogP contribution in [0.5, 0.6) is 0 Å². The van der Waals surface area contributed by atoms with Gasteiger partial charge in [-0.2, -0.15) is 0 Å². The quantitative estimate of drug-likeness (QED) is 0.334. The Balaban J connectivity index is 2.38. The topological polar surface area (TPSA) is 45.7 Å². The van der Waals surface area contributed by atoms with E-state index < -0.39 is 0 Å². The number of hydrogen-bond acceptors (Lipinski definition) is 3. The average molecular weight is 324 g/mol. The summed E-state index contributed by atoms with van der Waals surface area (Å²) in [6, 6.07) is 6.54. The number of ether oxygens (including phenoxy) is 1. The van der Waals surface area contributed by atoms with E-state index in [4.69, 9.17) is 4.74 Å². The SMILES string of the molecule is CN=C(NCCOCC(C)C)NCc1ccc(C)cc1SC. The predicted molar refractivity (Wildman–Crippen MR) is 96.8 cm³/mol. The van der Waals surface area contributed by atoms with Gasteiger partial charge in [-0.05, 0) is 36.3 Å². The molecular weight excluding hydrogens is 294 g/mol. The summed E-state index contributed by atoms with van der Waals surface area (Å²) in [6.07, 6.45) is 2.11. The zero-order valence-corrected chi connectivity index (χ0v) is 15.2. The van der Waals surface area contributed by atoms with Crippen LogP contribution in [0.15, 0.2) is 28.1 Å². The number of rotatable bonds is 8. The van der Waals surface area contributed by atoms with Crippen molar-refractivity contribution in [3.8, 4) is 0 Å². The summed E-state index contributed by atoms with van der Waals surface area (Å²) in [5.74, 6) is 1.38. The van der Waals surface area contributed by atoms with E-state index in [9.17, 15) is 0 Å². The van der Waals surface area contributed by atoms with Gasteiger partial charge in [-0.1, -0.05) is 26.0 Å². The molecule has 0 heterocycles. The van der Waals surface area contributed by atoms with E-state index in [-0.39, 0.29) is 0 Å². The summed E-state index contributed by atoms with van der Waals surface area (Å²) in [5, 5.41) is 6.62. The van der Waals surface area contributed by atoms with Crippen molar-refractivity contribution in [2.24, 2.45) is 10.9 Å². The van der Waals surface area contributed by atoms with Crippen molar-refractivity contribution >= 4 is 17.7 Å². The Hall–Kier alpha value is -1.20. The van der Waals surface area contributed by atoms with E-state index in [2.05, 4.69) is 60.9 Å². The fourth-order valence-corrected chi connectivity index (χ4v) is 2.66. The molecule has 0 aliphatic heterocycles. The lowest BCUT2D eigenvalue weighted by molar-refractivity contribution is 0.114. The van der Waals surface area contributed by atoms with Gasteiger partial charge in [0, 0.05) is 31.6 Å². The standard InChI is InChI=1S/C17H29N3OS/c1-13(2)12-21-9-8-19-17(18-4)20-11-15-7-6-14(3)10-16(15)22-5/h6-7,10,13H,8-9,11-12H2,1-5H3,(H2,18,19,20). The molecule has 0 bridgehead atoms. The molecule has 0 aromatic heterocycles. The van der Waals surface area contributed by atoms with E-state index >= 15 is 0 Å². The molecule has 0 aliphatic carbocycles. The van der Waals surface area contributed by atoms with Crippen molar-refractivity contribution < 1.29 is 4.74 Å². The number of nitrogens with zero attached hydrogens (tertiary/aromatic N) is 1. The molecule has 0 radical (unpaired) electrons. The van der Waals surface area contributed by atoms with Gasteiger partial charge in [-0.3, -0.25) is 4.99 Å². The highest BCUT2D eigenvalue weighted by Gasteiger charge is 2.03. The summed E-state index contributed by atoms with van der Waals surface area (Å²) in [6.45, 7) is 9.44. The normalized spacial score (nSPS) is 11.8. The number of guanidine groups is 1. The fraction of sp³-hybridized carbons (Fsp3) is 0.588. The lowest BCUT2D eigenvalue weighted by Gasteiger charge is -2.14. The largest absolute Gasteiger partial charge is 0.379 e. The first-order valence-corrected chi connectivity index (χ1v) is 8.95. The second-order valence-electron chi connectivity index (χ2n) is 5.64. The Kier molecular flexibility index (Phi) is 9.01. The lowest BCUT2D eigenvalue weighted by Crippen LogP contribution is -2.38. The Morgan fingerprint density at radius 2 is 2.09 bits per heavy atom. The first kappa shape index (κ1) is 18.8. The molecular formula is C17H29N3OS. The predicted octanol–water partition coefficient (Wildman–Crippen LogP) is 3.05. The average Bonchev–Trinajstić information content (AvgIpc) is 2.50. The molecule has 0 amide bonds. The highest BCUT2D eigenvalue weighted by Crippen LogP contribution is 2.21. The molecule has 1 rings (SSSR count). The number of thioether (sulfide) groups is 1. The van der Waals surface area contributed by atoms with Gasteiger partial charge in [0.15, 0.2) is 5.96 Å². The van der Waals surface area contributed by atoms with Crippen molar-refractivity contribution in [2.45, 2.75) is 32.2 Å². The number of aliphatic imine (C=N–C) groups is 1. The molecule has 1 aromatic carbocycles. The molecule has 0 aliphatic rings. The Bertz CT molecular complexity index is 475. The van der Waals surface area contributed by atoms with E-state index in [0.29, 0.717) is 12.5 Å². The van der Waals surface area contributed by atoms with Crippen molar-refractivity contribution in [2.75, 3.05) is 33.1 Å². The molecule has 0 atom stereocenters. The maximum atomic E-state index is 5.55. The first-order valence-electron chi connectivity index (χ1n) is 7.72. The van der Waals surface area contributed by atoms with Gasteiger partial charge in [-0.15, -0.1) is 11.8 Å². The lowest BCUT2D eigenvalue weighted by atomic mass is 10.1. The maximum Gasteiger partial charge on any atom is 0.191 e. The fourth-order valence-electron chi connectivity index (χ4n) is 1.96. The highest BCUT2D eigenvalue weighted by molar-refractivity contribution is 7.98. The van der Waals surface area contributed by atoms with Gasteiger partial charge in [0.1, 0.15) is 0 Å². The number of hydrogen-bond donors (Lipinski definition) is 2.